The molecule has 0 aliphatic heterocycles. The Hall–Kier alpha value is 0.268. The van der Waals surface area contributed by atoms with Gasteiger partial charge in [-0.05, 0) is 0 Å². The minimum absolute atomic E-state index is 0. The molecule has 0 aromatic rings. The second kappa shape index (κ2) is 2420. The molecule has 0 saturated carbocycles. The zero-order valence-corrected chi connectivity index (χ0v) is 5.61. The van der Waals surface area contributed by atoms with Crippen molar-refractivity contribution in [1.29, 1.82) is 0 Å². The molecule has 0 atom stereocenters. The van der Waals surface area contributed by atoms with Crippen LogP contribution in [0.25, 0.3) is 0 Å². The summed E-state index contributed by atoms with van der Waals surface area (Å²) in [5.74, 6) is 0. The molecule has 0 bridgehead atoms. The van der Waals surface area contributed by atoms with Gasteiger partial charge in [-0.25, -0.2) is 0 Å². The molecule has 6 radical (unpaired) electrons. The van der Waals surface area contributed by atoms with Gasteiger partial charge in [-0.3, -0.25) is 0 Å². The molecule has 0 spiro atoms. The molecule has 7 heavy (non-hydrogen) atoms. The normalized spacial score (nSPS) is 0. The van der Waals surface area contributed by atoms with Gasteiger partial charge in [0.05, 0.1) is 0 Å². The third-order valence-corrected chi connectivity index (χ3v) is 0. The van der Waals surface area contributed by atoms with E-state index in [1.807, 2.05) is 0 Å². The summed E-state index contributed by atoms with van der Waals surface area (Å²) >= 11 is 0. The Morgan fingerprint density at radius 1 is 0.286 bits per heavy atom. The smallest absolute Gasteiger partial charge is 0 e. The first-order chi connectivity index (χ1) is 0. The predicted octanol–water partition coefficient (Wildman–Crippen LogP) is 2.52. The van der Waals surface area contributed by atoms with Gasteiger partial charge in [0, 0.05) is 49.3 Å². The molecule has 0 N–H and O–H groups in total. The van der Waals surface area contributed by atoms with Crippen LogP contribution >= 0.6 is 0 Å². The van der Waals surface area contributed by atoms with Gasteiger partial charge >= 0.3 is 0 Å². The van der Waals surface area contributed by atoms with E-state index in [-0.39, 0.29) is 49.3 Å². The standard InChI is InChI=1S/6F.W. The third-order valence-electron chi connectivity index (χ3n) is 0. The molecule has 0 aromatic carbocycles. The first kappa shape index (κ1) is 3970. The SMILES string of the molecule is [F].[F].[F].[F].[F].[F].[W]. The summed E-state index contributed by atoms with van der Waals surface area (Å²) in [6.07, 6.45) is 0. The zero-order valence-electron chi connectivity index (χ0n) is 2.68. The molecule has 0 aliphatic carbocycles. The monoisotopic (exact) mass is 298 g/mol. The maximum atomic E-state index is 0. The Morgan fingerprint density at radius 3 is 0.286 bits per heavy atom. The van der Waals surface area contributed by atoms with Gasteiger partial charge < -0.3 is 0 Å². The number of hydrogen-bond acceptors (Lipinski definition) is 0. The largest absolute Gasteiger partial charge is 0 e. The van der Waals surface area contributed by atoms with Gasteiger partial charge in [0.2, 0.25) is 0 Å². The minimum Gasteiger partial charge on any atom is 0 e. The minimum atomic E-state index is 0. The van der Waals surface area contributed by atoms with Gasteiger partial charge in [0.15, 0.2) is 0 Å². The van der Waals surface area contributed by atoms with E-state index in [9.17, 15) is 0 Å². The Bertz CT molecular complexity index is 4.14. The summed E-state index contributed by atoms with van der Waals surface area (Å²) in [6, 6.07) is 0. The van der Waals surface area contributed by atoms with Crippen molar-refractivity contribution in [2.45, 2.75) is 0 Å². The second-order valence-electron chi connectivity index (χ2n) is 0. The van der Waals surface area contributed by atoms with E-state index in [4.69, 9.17) is 0 Å². The molecule has 0 aliphatic rings. The Morgan fingerprint density at radius 2 is 0.286 bits per heavy atom. The van der Waals surface area contributed by atoms with Crippen LogP contribution in [-0.4, -0.2) is 0 Å². The fraction of sp³-hybridized carbons (Fsp3) is 0. The molecule has 7 heteroatoms. The van der Waals surface area contributed by atoms with Crippen molar-refractivity contribution in [2.24, 2.45) is 0 Å². The Labute approximate surface area is 50.1 Å². The van der Waals surface area contributed by atoms with Crippen molar-refractivity contribution in [3.63, 3.8) is 0 Å². The van der Waals surface area contributed by atoms with Gasteiger partial charge in [0.25, 0.3) is 0 Å². The summed E-state index contributed by atoms with van der Waals surface area (Å²) in [6.45, 7) is 0. The van der Waals surface area contributed by atoms with Crippen molar-refractivity contribution < 1.29 is 49.3 Å². The van der Waals surface area contributed by atoms with Crippen LogP contribution in [0.15, 0.2) is 0 Å². The topological polar surface area (TPSA) is 0 Å². The second-order valence-corrected chi connectivity index (χ2v) is 0. The van der Waals surface area contributed by atoms with Gasteiger partial charge in [0.1, 0.15) is 0 Å². The zero-order chi connectivity index (χ0) is 0. The van der Waals surface area contributed by atoms with E-state index in [0.717, 1.165) is 0 Å². The maximum absolute atomic E-state index is 0. The van der Waals surface area contributed by atoms with E-state index < -0.39 is 0 Å². The summed E-state index contributed by atoms with van der Waals surface area (Å²) in [4.78, 5) is 0. The van der Waals surface area contributed by atoms with Crippen LogP contribution in [0.3, 0.4) is 0 Å². The Kier molecular flexibility index (Phi) is 1370000. The molecule has 0 rings (SSSR count). The average Bonchev–Trinajstić information content (AvgIpc) is 0. The molecule has 0 heterocycles. The number of rotatable bonds is 0. The Balaban J connectivity index is 0. The fourth-order valence-electron chi connectivity index (χ4n) is 0. The molecule has 0 fully saturated rings. The van der Waals surface area contributed by atoms with Crippen molar-refractivity contribution in [3.05, 3.63) is 0 Å². The average molecular weight is 298 g/mol. The quantitative estimate of drug-likeness (QED) is 0.603. The predicted molar refractivity (Wildman–Crippen MR) is 6.65 cm³/mol. The molecular formula is F6W. The molecular weight excluding hydrogens is 298 g/mol. The van der Waals surface area contributed by atoms with Crippen LogP contribution in [-0.2, 0) is 21.1 Å². The van der Waals surface area contributed by atoms with Crippen LogP contribution in [0.5, 0.6) is 0 Å². The number of hydrogen-bond donors (Lipinski definition) is 0. The molecule has 48 valence electrons. The van der Waals surface area contributed by atoms with E-state index in [0.29, 0.717) is 0 Å². The molecule has 0 saturated heterocycles. The van der Waals surface area contributed by atoms with E-state index >= 15 is 0 Å². The van der Waals surface area contributed by atoms with Crippen LogP contribution in [0.4, 0.5) is 28.2 Å². The van der Waals surface area contributed by atoms with Crippen molar-refractivity contribution >= 4 is 0 Å². The molecule has 0 unspecified atom stereocenters. The van der Waals surface area contributed by atoms with E-state index in [2.05, 4.69) is 0 Å². The summed E-state index contributed by atoms with van der Waals surface area (Å²) in [7, 11) is 0. The van der Waals surface area contributed by atoms with Gasteiger partial charge in [-0.15, -0.1) is 0 Å². The van der Waals surface area contributed by atoms with Crippen LogP contribution in [0.2, 0.25) is 0 Å². The summed E-state index contributed by atoms with van der Waals surface area (Å²) in [5.41, 5.74) is 0. The van der Waals surface area contributed by atoms with Crippen LogP contribution in [0.1, 0.15) is 0 Å². The van der Waals surface area contributed by atoms with E-state index in [1.54, 1.807) is 0 Å². The summed E-state index contributed by atoms with van der Waals surface area (Å²) < 4.78 is 0. The van der Waals surface area contributed by atoms with Crippen molar-refractivity contribution in [2.75, 3.05) is 0 Å². The van der Waals surface area contributed by atoms with Gasteiger partial charge in [-0.1, -0.05) is 0 Å². The third kappa shape index (κ3) is 1590. The molecule has 0 nitrogen and oxygen atoms in total. The van der Waals surface area contributed by atoms with Crippen LogP contribution < -0.4 is 0 Å². The van der Waals surface area contributed by atoms with E-state index in [1.165, 1.54) is 0 Å². The fourth-order valence-corrected chi connectivity index (χ4v) is 0. The first-order valence-corrected chi connectivity index (χ1v) is 0. The van der Waals surface area contributed by atoms with Crippen LogP contribution in [0, 0.1) is 0 Å². The van der Waals surface area contributed by atoms with Crippen molar-refractivity contribution in [3.8, 4) is 0 Å². The first-order valence-electron chi connectivity index (χ1n) is 0. The van der Waals surface area contributed by atoms with Crippen molar-refractivity contribution in [1.82, 2.24) is 0 Å². The number of halogens is 6. The van der Waals surface area contributed by atoms with Gasteiger partial charge in [-0.2, -0.15) is 0 Å². The molecule has 0 aromatic heterocycles. The maximum Gasteiger partial charge on any atom is 0 e. The molecule has 0 amide bonds. The summed E-state index contributed by atoms with van der Waals surface area (Å²) in [5, 5.41) is 0.